The summed E-state index contributed by atoms with van der Waals surface area (Å²) in [6.45, 7) is 7.78. The standard InChI is InChI=1S/C15H25NO2/c1-11-9-12(2)15(13(3)10-11)14(18)5-6-16(4)7-8-17/h9-10,14,17-18H,5-8H2,1-4H3. The van der Waals surface area contributed by atoms with Gasteiger partial charge in [-0.15, -0.1) is 0 Å². The van der Waals surface area contributed by atoms with Crippen molar-refractivity contribution in [1.29, 1.82) is 0 Å². The zero-order valence-corrected chi connectivity index (χ0v) is 11.9. The van der Waals surface area contributed by atoms with Crippen LogP contribution >= 0.6 is 0 Å². The molecule has 1 atom stereocenters. The summed E-state index contributed by atoms with van der Waals surface area (Å²) in [5, 5.41) is 19.1. The van der Waals surface area contributed by atoms with Crippen molar-refractivity contribution in [3.8, 4) is 0 Å². The number of hydrogen-bond acceptors (Lipinski definition) is 3. The van der Waals surface area contributed by atoms with Crippen LogP contribution in [0.25, 0.3) is 0 Å². The molecule has 0 amide bonds. The van der Waals surface area contributed by atoms with Crippen molar-refractivity contribution in [2.75, 3.05) is 26.7 Å². The highest BCUT2D eigenvalue weighted by atomic mass is 16.3. The van der Waals surface area contributed by atoms with E-state index < -0.39 is 6.10 Å². The zero-order valence-electron chi connectivity index (χ0n) is 11.9. The van der Waals surface area contributed by atoms with Crippen LogP contribution in [0, 0.1) is 20.8 Å². The predicted octanol–water partition coefficient (Wildman–Crippen LogP) is 1.96. The second kappa shape index (κ2) is 6.88. The van der Waals surface area contributed by atoms with E-state index in [1.807, 2.05) is 11.9 Å². The van der Waals surface area contributed by atoms with Crippen LogP contribution in [0.2, 0.25) is 0 Å². The molecule has 0 fully saturated rings. The maximum atomic E-state index is 10.3. The van der Waals surface area contributed by atoms with Crippen LogP contribution in [0.1, 0.15) is 34.8 Å². The van der Waals surface area contributed by atoms with Crippen LogP contribution in [0.5, 0.6) is 0 Å². The lowest BCUT2D eigenvalue weighted by atomic mass is 9.94. The van der Waals surface area contributed by atoms with Crippen molar-refractivity contribution in [1.82, 2.24) is 4.90 Å². The van der Waals surface area contributed by atoms with Crippen LogP contribution in [-0.2, 0) is 0 Å². The fraction of sp³-hybridized carbons (Fsp3) is 0.600. The van der Waals surface area contributed by atoms with Gasteiger partial charge >= 0.3 is 0 Å². The molecule has 0 saturated carbocycles. The molecule has 1 unspecified atom stereocenters. The summed E-state index contributed by atoms with van der Waals surface area (Å²) >= 11 is 0. The van der Waals surface area contributed by atoms with Crippen molar-refractivity contribution in [3.05, 3.63) is 34.4 Å². The van der Waals surface area contributed by atoms with E-state index >= 15 is 0 Å². The molecule has 18 heavy (non-hydrogen) atoms. The summed E-state index contributed by atoms with van der Waals surface area (Å²) in [5.41, 5.74) is 4.60. The van der Waals surface area contributed by atoms with Gasteiger partial charge in [-0.1, -0.05) is 17.7 Å². The number of nitrogens with zero attached hydrogens (tertiary/aromatic N) is 1. The van der Waals surface area contributed by atoms with E-state index in [0.29, 0.717) is 13.0 Å². The monoisotopic (exact) mass is 251 g/mol. The van der Waals surface area contributed by atoms with Gasteiger partial charge in [-0.25, -0.2) is 0 Å². The minimum atomic E-state index is -0.424. The summed E-state index contributed by atoms with van der Waals surface area (Å²) in [6, 6.07) is 4.23. The Morgan fingerprint density at radius 1 is 1.11 bits per heavy atom. The Morgan fingerprint density at radius 3 is 2.17 bits per heavy atom. The Morgan fingerprint density at radius 2 is 1.67 bits per heavy atom. The third kappa shape index (κ3) is 4.09. The van der Waals surface area contributed by atoms with Gasteiger partial charge in [-0.3, -0.25) is 0 Å². The van der Waals surface area contributed by atoms with Crippen LogP contribution in [0.4, 0.5) is 0 Å². The highest BCUT2D eigenvalue weighted by Crippen LogP contribution is 2.25. The summed E-state index contributed by atoms with van der Waals surface area (Å²) in [7, 11) is 1.96. The van der Waals surface area contributed by atoms with E-state index in [9.17, 15) is 5.11 Å². The number of likely N-dealkylation sites (N-methyl/N-ethyl adjacent to an activating group) is 1. The van der Waals surface area contributed by atoms with Crippen molar-refractivity contribution in [2.24, 2.45) is 0 Å². The fourth-order valence-electron chi connectivity index (χ4n) is 2.49. The smallest absolute Gasteiger partial charge is 0.0807 e. The van der Waals surface area contributed by atoms with E-state index in [0.717, 1.165) is 23.2 Å². The number of hydrogen-bond donors (Lipinski definition) is 2. The molecule has 0 aromatic heterocycles. The average molecular weight is 251 g/mol. The first-order chi connectivity index (χ1) is 8.45. The molecule has 0 aliphatic carbocycles. The van der Waals surface area contributed by atoms with Gasteiger partial charge in [-0.05, 0) is 50.9 Å². The number of aliphatic hydroxyl groups is 2. The quantitative estimate of drug-likeness (QED) is 0.812. The Labute approximate surface area is 110 Å². The molecule has 102 valence electrons. The topological polar surface area (TPSA) is 43.7 Å². The molecule has 3 nitrogen and oxygen atoms in total. The number of aryl methyl sites for hydroxylation is 3. The average Bonchev–Trinajstić information content (AvgIpc) is 2.25. The maximum absolute atomic E-state index is 10.3. The lowest BCUT2D eigenvalue weighted by Gasteiger charge is -2.21. The zero-order chi connectivity index (χ0) is 13.7. The third-order valence-electron chi connectivity index (χ3n) is 3.34. The SMILES string of the molecule is Cc1cc(C)c(C(O)CCN(C)CCO)c(C)c1. The molecular formula is C15H25NO2. The van der Waals surface area contributed by atoms with E-state index in [4.69, 9.17) is 5.11 Å². The van der Waals surface area contributed by atoms with E-state index in [1.54, 1.807) is 0 Å². The molecule has 3 heteroatoms. The normalized spacial score (nSPS) is 13.1. The first kappa shape index (κ1) is 15.2. The van der Waals surface area contributed by atoms with Crippen LogP contribution in [0.3, 0.4) is 0 Å². The molecule has 0 radical (unpaired) electrons. The number of aliphatic hydroxyl groups excluding tert-OH is 2. The lowest BCUT2D eigenvalue weighted by Crippen LogP contribution is -2.24. The summed E-state index contributed by atoms with van der Waals surface area (Å²) in [6.07, 6.45) is 0.271. The second-order valence-corrected chi connectivity index (χ2v) is 5.14. The van der Waals surface area contributed by atoms with Gasteiger partial charge in [-0.2, -0.15) is 0 Å². The summed E-state index contributed by atoms with van der Waals surface area (Å²) in [5.74, 6) is 0. The Hall–Kier alpha value is -0.900. The Bertz CT molecular complexity index is 367. The van der Waals surface area contributed by atoms with Crippen LogP contribution < -0.4 is 0 Å². The second-order valence-electron chi connectivity index (χ2n) is 5.14. The lowest BCUT2D eigenvalue weighted by molar-refractivity contribution is 0.140. The number of rotatable bonds is 6. The van der Waals surface area contributed by atoms with E-state index in [-0.39, 0.29) is 6.61 Å². The molecule has 0 bridgehead atoms. The third-order valence-corrected chi connectivity index (χ3v) is 3.34. The Kier molecular flexibility index (Phi) is 5.79. The van der Waals surface area contributed by atoms with Gasteiger partial charge in [0.25, 0.3) is 0 Å². The minimum absolute atomic E-state index is 0.162. The van der Waals surface area contributed by atoms with Crippen molar-refractivity contribution < 1.29 is 10.2 Å². The van der Waals surface area contributed by atoms with E-state index in [1.165, 1.54) is 5.56 Å². The molecule has 0 aliphatic rings. The molecular weight excluding hydrogens is 226 g/mol. The maximum Gasteiger partial charge on any atom is 0.0807 e. The molecule has 1 aromatic carbocycles. The van der Waals surface area contributed by atoms with Gasteiger partial charge in [0.1, 0.15) is 0 Å². The summed E-state index contributed by atoms with van der Waals surface area (Å²) in [4.78, 5) is 2.03. The fourth-order valence-corrected chi connectivity index (χ4v) is 2.49. The van der Waals surface area contributed by atoms with Crippen molar-refractivity contribution in [3.63, 3.8) is 0 Å². The molecule has 0 heterocycles. The van der Waals surface area contributed by atoms with Gasteiger partial charge in [0, 0.05) is 13.1 Å². The summed E-state index contributed by atoms with van der Waals surface area (Å²) < 4.78 is 0. The molecule has 0 spiro atoms. The van der Waals surface area contributed by atoms with Crippen molar-refractivity contribution in [2.45, 2.75) is 33.3 Å². The van der Waals surface area contributed by atoms with Gasteiger partial charge in [0.2, 0.25) is 0 Å². The highest BCUT2D eigenvalue weighted by Gasteiger charge is 2.14. The van der Waals surface area contributed by atoms with Crippen molar-refractivity contribution >= 4 is 0 Å². The molecule has 0 saturated heterocycles. The van der Waals surface area contributed by atoms with Gasteiger partial charge in [0.15, 0.2) is 0 Å². The first-order valence-corrected chi connectivity index (χ1v) is 6.51. The molecule has 2 N–H and O–H groups in total. The molecule has 0 aliphatic heterocycles. The van der Waals surface area contributed by atoms with Crippen LogP contribution in [-0.4, -0.2) is 41.9 Å². The Balaban J connectivity index is 2.70. The van der Waals surface area contributed by atoms with E-state index in [2.05, 4.69) is 32.9 Å². The highest BCUT2D eigenvalue weighted by molar-refractivity contribution is 5.38. The van der Waals surface area contributed by atoms with Crippen LogP contribution in [0.15, 0.2) is 12.1 Å². The largest absolute Gasteiger partial charge is 0.395 e. The molecule has 1 aromatic rings. The van der Waals surface area contributed by atoms with Gasteiger partial charge < -0.3 is 15.1 Å². The minimum Gasteiger partial charge on any atom is -0.395 e. The first-order valence-electron chi connectivity index (χ1n) is 6.51. The number of benzene rings is 1. The molecule has 1 rings (SSSR count). The van der Waals surface area contributed by atoms with Gasteiger partial charge in [0.05, 0.1) is 12.7 Å². The predicted molar refractivity (Wildman–Crippen MR) is 74.8 cm³/mol.